The van der Waals surface area contributed by atoms with Crippen LogP contribution >= 0.6 is 0 Å². The summed E-state index contributed by atoms with van der Waals surface area (Å²) >= 11 is 0. The minimum atomic E-state index is -3.88. The molecule has 2 fully saturated rings. The number of nitrogens with one attached hydrogen (secondary N) is 1. The quantitative estimate of drug-likeness (QED) is 0.729. The maximum Gasteiger partial charge on any atom is 0.277 e. The van der Waals surface area contributed by atoms with E-state index in [-0.39, 0.29) is 36.1 Å². The van der Waals surface area contributed by atoms with Crippen LogP contribution in [0.2, 0.25) is 0 Å². The molecule has 0 bridgehead atoms. The Kier molecular flexibility index (Phi) is 6.15. The highest BCUT2D eigenvalue weighted by molar-refractivity contribution is 7.89. The molecule has 2 saturated heterocycles. The smallest absolute Gasteiger partial charge is 0.277 e. The van der Waals surface area contributed by atoms with E-state index in [1.54, 1.807) is 4.90 Å². The van der Waals surface area contributed by atoms with E-state index in [0.29, 0.717) is 19.6 Å². The van der Waals surface area contributed by atoms with Gasteiger partial charge in [-0.05, 0) is 26.0 Å². The van der Waals surface area contributed by atoms with Crippen molar-refractivity contribution in [3.05, 3.63) is 30.1 Å². The molecule has 2 heterocycles. The molecule has 0 aliphatic carbocycles. The van der Waals surface area contributed by atoms with Crippen LogP contribution in [0.3, 0.4) is 0 Å². The van der Waals surface area contributed by atoms with Crippen LogP contribution in [0.15, 0.2) is 29.2 Å². The third-order valence-corrected chi connectivity index (χ3v) is 7.00. The second-order valence-corrected chi connectivity index (χ2v) is 9.21. The number of carbonyl (C=O) groups is 1. The summed E-state index contributed by atoms with van der Waals surface area (Å²) in [5.74, 6) is -0.732. The van der Waals surface area contributed by atoms with Crippen molar-refractivity contribution in [1.82, 2.24) is 9.21 Å². The molecule has 0 radical (unpaired) electrons. The van der Waals surface area contributed by atoms with Crippen molar-refractivity contribution in [2.45, 2.75) is 31.0 Å². The van der Waals surface area contributed by atoms with Crippen molar-refractivity contribution in [1.29, 1.82) is 0 Å². The third-order valence-electron chi connectivity index (χ3n) is 5.06. The minimum absolute atomic E-state index is 0.0224. The fourth-order valence-electron chi connectivity index (χ4n) is 3.83. The highest BCUT2D eigenvalue weighted by Gasteiger charge is 2.34. The minimum Gasteiger partial charge on any atom is -0.364 e. The third kappa shape index (κ3) is 4.66. The lowest BCUT2D eigenvalue weighted by molar-refractivity contribution is -0.907. The predicted octanol–water partition coefficient (Wildman–Crippen LogP) is -0.649. The van der Waals surface area contributed by atoms with Crippen molar-refractivity contribution >= 4 is 15.9 Å². The summed E-state index contributed by atoms with van der Waals surface area (Å²) in [4.78, 5) is 15.2. The lowest BCUT2D eigenvalue weighted by Gasteiger charge is -2.36. The number of piperazine rings is 1. The molecule has 1 aromatic rings. The number of benzene rings is 1. The van der Waals surface area contributed by atoms with Crippen LogP contribution in [0.4, 0.5) is 4.39 Å². The van der Waals surface area contributed by atoms with Crippen LogP contribution in [0.5, 0.6) is 0 Å². The summed E-state index contributed by atoms with van der Waals surface area (Å²) in [6.07, 6.45) is 0.249. The molecule has 9 heteroatoms. The first-order valence-electron chi connectivity index (χ1n) is 9.29. The van der Waals surface area contributed by atoms with E-state index in [4.69, 9.17) is 4.74 Å². The second kappa shape index (κ2) is 8.22. The normalized spacial score (nSPS) is 27.5. The molecule has 2 aliphatic heterocycles. The molecule has 3 rings (SSSR count). The number of rotatable bonds is 4. The molecule has 2 aliphatic rings. The fraction of sp³-hybridized carbons (Fsp3) is 0.611. The van der Waals surface area contributed by atoms with Gasteiger partial charge in [0, 0.05) is 26.2 Å². The summed E-state index contributed by atoms with van der Waals surface area (Å²) < 4.78 is 46.1. The number of ether oxygens (including phenoxy) is 1. The Hall–Kier alpha value is -1.55. The summed E-state index contributed by atoms with van der Waals surface area (Å²) in [6, 6.07) is 5.37. The molecule has 150 valence electrons. The largest absolute Gasteiger partial charge is 0.364 e. The lowest BCUT2D eigenvalue weighted by atomic mass is 10.2. The van der Waals surface area contributed by atoms with Gasteiger partial charge in [0.1, 0.15) is 36.0 Å². The summed E-state index contributed by atoms with van der Waals surface area (Å²) in [7, 11) is -3.88. The van der Waals surface area contributed by atoms with Gasteiger partial charge in [-0.2, -0.15) is 4.31 Å². The number of halogens is 1. The Balaban J connectivity index is 1.57. The average molecular weight is 400 g/mol. The highest BCUT2D eigenvalue weighted by atomic mass is 32.2. The van der Waals surface area contributed by atoms with E-state index in [0.717, 1.165) is 19.2 Å². The maximum absolute atomic E-state index is 13.9. The van der Waals surface area contributed by atoms with Crippen LogP contribution in [0.1, 0.15) is 13.8 Å². The maximum atomic E-state index is 13.9. The van der Waals surface area contributed by atoms with Crippen molar-refractivity contribution in [3.63, 3.8) is 0 Å². The first kappa shape index (κ1) is 20.2. The molecule has 1 N–H and O–H groups in total. The van der Waals surface area contributed by atoms with Gasteiger partial charge in [-0.15, -0.1) is 0 Å². The molecule has 1 aromatic carbocycles. The Labute approximate surface area is 159 Å². The SMILES string of the molecule is C[C@@H]1C[NH+](CC(=O)N2CCN(S(=O)(=O)c3ccccc3F)CC2)C[C@H](C)O1. The number of quaternary nitrogens is 1. The van der Waals surface area contributed by atoms with Gasteiger partial charge in [-0.3, -0.25) is 4.79 Å². The Morgan fingerprint density at radius 1 is 1.15 bits per heavy atom. The topological polar surface area (TPSA) is 71.4 Å². The zero-order valence-corrected chi connectivity index (χ0v) is 16.5. The zero-order chi connectivity index (χ0) is 19.6. The number of sulfonamides is 1. The number of hydrogen-bond acceptors (Lipinski definition) is 4. The molecular weight excluding hydrogens is 373 g/mol. The molecule has 0 aromatic heterocycles. The highest BCUT2D eigenvalue weighted by Crippen LogP contribution is 2.20. The van der Waals surface area contributed by atoms with Gasteiger partial charge in [-0.1, -0.05) is 12.1 Å². The van der Waals surface area contributed by atoms with Gasteiger partial charge in [0.05, 0.1) is 0 Å². The van der Waals surface area contributed by atoms with Crippen LogP contribution in [0.25, 0.3) is 0 Å². The van der Waals surface area contributed by atoms with Gasteiger partial charge in [0.25, 0.3) is 5.91 Å². The van der Waals surface area contributed by atoms with E-state index in [1.165, 1.54) is 27.4 Å². The van der Waals surface area contributed by atoms with Gasteiger partial charge in [0.2, 0.25) is 10.0 Å². The predicted molar refractivity (Wildman–Crippen MR) is 97.3 cm³/mol. The van der Waals surface area contributed by atoms with Crippen LogP contribution < -0.4 is 4.90 Å². The van der Waals surface area contributed by atoms with Crippen molar-refractivity contribution < 1.29 is 27.2 Å². The standard InChI is InChI=1S/C18H26FN3O4S/c1-14-11-20(12-15(2)26-14)13-18(23)21-7-9-22(10-8-21)27(24,25)17-6-4-3-5-16(17)19/h3-6,14-15H,7-13H2,1-2H3/p+1/t14-,15+. The van der Waals surface area contributed by atoms with Gasteiger partial charge in [0.15, 0.2) is 6.54 Å². The zero-order valence-electron chi connectivity index (χ0n) is 15.7. The molecule has 7 nitrogen and oxygen atoms in total. The van der Waals surface area contributed by atoms with Crippen LogP contribution in [-0.2, 0) is 19.6 Å². The summed E-state index contributed by atoms with van der Waals surface area (Å²) in [5.41, 5.74) is 0. The number of morpholine rings is 1. The van der Waals surface area contributed by atoms with Crippen molar-refractivity contribution in [2.75, 3.05) is 45.8 Å². The molecule has 0 spiro atoms. The average Bonchev–Trinajstić information content (AvgIpc) is 2.61. The summed E-state index contributed by atoms with van der Waals surface area (Å²) in [5, 5.41) is 0. The van der Waals surface area contributed by atoms with Gasteiger partial charge in [-0.25, -0.2) is 12.8 Å². The second-order valence-electron chi connectivity index (χ2n) is 7.31. The monoisotopic (exact) mass is 400 g/mol. The number of nitrogens with zero attached hydrogens (tertiary/aromatic N) is 2. The Morgan fingerprint density at radius 2 is 1.74 bits per heavy atom. The fourth-order valence-corrected chi connectivity index (χ4v) is 5.32. The molecule has 1 amide bonds. The Bertz CT molecular complexity index is 771. The van der Waals surface area contributed by atoms with Crippen molar-refractivity contribution in [3.8, 4) is 0 Å². The van der Waals surface area contributed by atoms with Gasteiger partial charge < -0.3 is 14.5 Å². The Morgan fingerprint density at radius 3 is 2.33 bits per heavy atom. The van der Waals surface area contributed by atoms with Crippen LogP contribution in [0, 0.1) is 5.82 Å². The van der Waals surface area contributed by atoms with E-state index >= 15 is 0 Å². The molecule has 27 heavy (non-hydrogen) atoms. The van der Waals surface area contributed by atoms with E-state index < -0.39 is 15.8 Å². The molecule has 1 unspecified atom stereocenters. The lowest BCUT2D eigenvalue weighted by Crippen LogP contribution is -3.16. The first-order valence-corrected chi connectivity index (χ1v) is 10.7. The molecular formula is C18H27FN3O4S+. The van der Waals surface area contributed by atoms with Crippen LogP contribution in [-0.4, -0.2) is 81.6 Å². The summed E-state index contributed by atoms with van der Waals surface area (Å²) in [6.45, 7) is 6.97. The first-order chi connectivity index (χ1) is 12.8. The number of amides is 1. The molecule has 0 saturated carbocycles. The number of hydrogen-bond donors (Lipinski definition) is 1. The van der Waals surface area contributed by atoms with Crippen molar-refractivity contribution in [2.24, 2.45) is 0 Å². The molecule has 3 atom stereocenters. The van der Waals surface area contributed by atoms with E-state index in [2.05, 4.69) is 0 Å². The van der Waals surface area contributed by atoms with E-state index in [9.17, 15) is 17.6 Å². The van der Waals surface area contributed by atoms with E-state index in [1.807, 2.05) is 13.8 Å². The number of carbonyl (C=O) groups excluding carboxylic acids is 1. The van der Waals surface area contributed by atoms with Gasteiger partial charge >= 0.3 is 0 Å².